The van der Waals surface area contributed by atoms with Gasteiger partial charge in [0.2, 0.25) is 11.8 Å². The third kappa shape index (κ3) is 5.53. The van der Waals surface area contributed by atoms with Crippen molar-refractivity contribution in [3.05, 3.63) is 42.0 Å². The summed E-state index contributed by atoms with van der Waals surface area (Å²) in [6, 6.07) is 9.19. The summed E-state index contributed by atoms with van der Waals surface area (Å²) in [4.78, 5) is 24.3. The molecule has 2 aliphatic rings. The van der Waals surface area contributed by atoms with Crippen LogP contribution in [0.5, 0.6) is 0 Å². The van der Waals surface area contributed by atoms with Crippen molar-refractivity contribution in [3.8, 4) is 0 Å². The smallest absolute Gasteiger partial charge is 0.240 e. The number of rotatable bonds is 4. The van der Waals surface area contributed by atoms with Gasteiger partial charge in [0.1, 0.15) is 5.25 Å². The number of benzene rings is 1. The van der Waals surface area contributed by atoms with Crippen LogP contribution in [-0.2, 0) is 9.59 Å². The van der Waals surface area contributed by atoms with Crippen molar-refractivity contribution in [1.82, 2.24) is 5.32 Å². The van der Waals surface area contributed by atoms with Crippen LogP contribution >= 0.6 is 11.8 Å². The lowest BCUT2D eigenvalue weighted by molar-refractivity contribution is -0.122. The molecule has 1 atom stereocenters. The largest absolute Gasteiger partial charge is 0.326 e. The van der Waals surface area contributed by atoms with Crippen molar-refractivity contribution in [1.29, 1.82) is 0 Å². The average Bonchev–Trinajstić information content (AvgIpc) is 2.92. The van der Waals surface area contributed by atoms with E-state index in [9.17, 15) is 9.59 Å². The predicted octanol–water partition coefficient (Wildman–Crippen LogP) is 3.73. The minimum atomic E-state index is -0.493. The van der Waals surface area contributed by atoms with Crippen LogP contribution in [0.3, 0.4) is 0 Å². The number of hydrogen-bond donors (Lipinski definition) is 2. The summed E-state index contributed by atoms with van der Waals surface area (Å²) in [7, 11) is 0. The molecule has 7 heteroatoms. The Morgan fingerprint density at radius 2 is 2.00 bits per heavy atom. The molecule has 1 aliphatic heterocycles. The predicted molar refractivity (Wildman–Crippen MR) is 111 cm³/mol. The van der Waals surface area contributed by atoms with Gasteiger partial charge in [0.15, 0.2) is 5.17 Å². The SMILES string of the molecule is CC1=C/C(=N/N=C2\NC(=O)[C@@H](CC(=O)Nc3ccccc3)S2)CC(C)(C)C1. The summed E-state index contributed by atoms with van der Waals surface area (Å²) in [5, 5.41) is 14.0. The van der Waals surface area contributed by atoms with E-state index in [-0.39, 0.29) is 23.7 Å². The maximum absolute atomic E-state index is 12.2. The molecule has 1 heterocycles. The van der Waals surface area contributed by atoms with Gasteiger partial charge in [-0.1, -0.05) is 49.4 Å². The van der Waals surface area contributed by atoms with Crippen molar-refractivity contribution < 1.29 is 9.59 Å². The number of nitrogens with one attached hydrogen (secondary N) is 2. The Hall–Kier alpha value is -2.41. The summed E-state index contributed by atoms with van der Waals surface area (Å²) in [5.41, 5.74) is 3.08. The van der Waals surface area contributed by atoms with Crippen molar-refractivity contribution in [2.24, 2.45) is 15.6 Å². The lowest BCUT2D eigenvalue weighted by Crippen LogP contribution is -2.28. The van der Waals surface area contributed by atoms with E-state index in [2.05, 4.69) is 47.7 Å². The van der Waals surface area contributed by atoms with Gasteiger partial charge in [-0.15, -0.1) is 5.10 Å². The number of amidine groups is 1. The van der Waals surface area contributed by atoms with E-state index < -0.39 is 5.25 Å². The Bertz CT molecular complexity index is 828. The zero-order valence-corrected chi connectivity index (χ0v) is 16.6. The van der Waals surface area contributed by atoms with Crippen LogP contribution in [0.1, 0.15) is 40.0 Å². The average molecular weight is 385 g/mol. The zero-order chi connectivity index (χ0) is 19.4. The third-order valence-corrected chi connectivity index (χ3v) is 5.38. The lowest BCUT2D eigenvalue weighted by Gasteiger charge is -2.28. The van der Waals surface area contributed by atoms with Gasteiger partial charge in [-0.05, 0) is 43.4 Å². The van der Waals surface area contributed by atoms with Gasteiger partial charge in [-0.3, -0.25) is 9.59 Å². The molecule has 1 saturated heterocycles. The molecule has 2 N–H and O–H groups in total. The van der Waals surface area contributed by atoms with Crippen LogP contribution in [0.2, 0.25) is 0 Å². The first-order valence-electron chi connectivity index (χ1n) is 8.95. The first kappa shape index (κ1) is 19.4. The highest BCUT2D eigenvalue weighted by Crippen LogP contribution is 2.34. The summed E-state index contributed by atoms with van der Waals surface area (Å²) >= 11 is 1.25. The van der Waals surface area contributed by atoms with E-state index in [1.165, 1.54) is 17.3 Å². The number of thioether (sulfide) groups is 1. The molecule has 0 bridgehead atoms. The van der Waals surface area contributed by atoms with Crippen LogP contribution in [0.4, 0.5) is 5.69 Å². The second kappa shape index (κ2) is 8.08. The molecule has 0 radical (unpaired) electrons. The van der Waals surface area contributed by atoms with E-state index in [0.717, 1.165) is 18.6 Å². The molecule has 0 unspecified atom stereocenters. The number of allylic oxidation sites excluding steroid dienone is 2. The van der Waals surface area contributed by atoms with E-state index >= 15 is 0 Å². The first-order chi connectivity index (χ1) is 12.8. The fourth-order valence-electron chi connectivity index (χ4n) is 3.36. The number of carbonyl (C=O) groups is 2. The van der Waals surface area contributed by atoms with E-state index in [4.69, 9.17) is 0 Å². The fourth-order valence-corrected chi connectivity index (χ4v) is 4.27. The molecular weight excluding hydrogens is 360 g/mol. The Morgan fingerprint density at radius 3 is 2.70 bits per heavy atom. The summed E-state index contributed by atoms with van der Waals surface area (Å²) < 4.78 is 0. The summed E-state index contributed by atoms with van der Waals surface area (Å²) in [6.45, 7) is 6.51. The fraction of sp³-hybridized carbons (Fsp3) is 0.400. The van der Waals surface area contributed by atoms with Crippen LogP contribution in [0.15, 0.2) is 52.2 Å². The van der Waals surface area contributed by atoms with Gasteiger partial charge in [-0.25, -0.2) is 0 Å². The second-order valence-corrected chi connectivity index (χ2v) is 8.91. The molecule has 0 saturated carbocycles. The maximum atomic E-state index is 12.2. The molecular formula is C20H24N4O2S. The minimum Gasteiger partial charge on any atom is -0.326 e. The molecule has 1 fully saturated rings. The highest BCUT2D eigenvalue weighted by molar-refractivity contribution is 8.15. The molecule has 3 rings (SSSR count). The number of carbonyl (C=O) groups excluding carboxylic acids is 2. The number of amides is 2. The molecule has 1 aliphatic carbocycles. The Morgan fingerprint density at radius 1 is 1.26 bits per heavy atom. The number of hydrogen-bond acceptors (Lipinski definition) is 5. The third-order valence-electron chi connectivity index (χ3n) is 4.30. The topological polar surface area (TPSA) is 82.9 Å². The number of anilines is 1. The van der Waals surface area contributed by atoms with Crippen molar-refractivity contribution >= 4 is 40.1 Å². The standard InChI is InChI=1S/C20H24N4O2S/c1-13-9-15(12-20(2,3)11-13)23-24-19-22-18(26)16(27-19)10-17(25)21-14-7-5-4-6-8-14/h4-9,16H,10-12H2,1-3H3,(H,21,25)(H,22,24,26)/b23-15-/t16-/m1/s1. The highest BCUT2D eigenvalue weighted by Gasteiger charge is 2.32. The van der Waals surface area contributed by atoms with E-state index in [0.29, 0.717) is 10.9 Å². The van der Waals surface area contributed by atoms with Crippen molar-refractivity contribution in [2.45, 2.75) is 45.3 Å². The molecule has 0 spiro atoms. The number of nitrogens with zero attached hydrogens (tertiary/aromatic N) is 2. The van der Waals surface area contributed by atoms with E-state index in [1.807, 2.05) is 30.3 Å². The quantitative estimate of drug-likeness (QED) is 0.776. The van der Waals surface area contributed by atoms with Gasteiger partial charge in [-0.2, -0.15) is 5.10 Å². The van der Waals surface area contributed by atoms with Crippen molar-refractivity contribution in [3.63, 3.8) is 0 Å². The normalized spacial score (nSPS) is 24.6. The van der Waals surface area contributed by atoms with Crippen LogP contribution in [-0.4, -0.2) is 27.9 Å². The lowest BCUT2D eigenvalue weighted by atomic mass is 9.77. The molecule has 6 nitrogen and oxygen atoms in total. The van der Waals surface area contributed by atoms with Gasteiger partial charge in [0.05, 0.1) is 5.71 Å². The van der Waals surface area contributed by atoms with Gasteiger partial charge in [0.25, 0.3) is 0 Å². The zero-order valence-electron chi connectivity index (χ0n) is 15.8. The second-order valence-electron chi connectivity index (χ2n) is 7.72. The maximum Gasteiger partial charge on any atom is 0.240 e. The molecule has 27 heavy (non-hydrogen) atoms. The number of para-hydroxylation sites is 1. The monoisotopic (exact) mass is 384 g/mol. The summed E-state index contributed by atoms with van der Waals surface area (Å²) in [6.07, 6.45) is 4.05. The Balaban J connectivity index is 1.60. The van der Waals surface area contributed by atoms with E-state index in [1.54, 1.807) is 0 Å². The minimum absolute atomic E-state index is 0.0903. The van der Waals surface area contributed by atoms with Gasteiger partial charge in [0, 0.05) is 12.1 Å². The van der Waals surface area contributed by atoms with Crippen LogP contribution in [0.25, 0.3) is 0 Å². The Kier molecular flexibility index (Phi) is 5.79. The van der Waals surface area contributed by atoms with Crippen molar-refractivity contribution in [2.75, 3.05) is 5.32 Å². The summed E-state index contributed by atoms with van der Waals surface area (Å²) in [5.74, 6) is -0.410. The molecule has 0 aromatic heterocycles. The van der Waals surface area contributed by atoms with Crippen LogP contribution in [0, 0.1) is 5.41 Å². The first-order valence-corrected chi connectivity index (χ1v) is 9.83. The Labute approximate surface area is 163 Å². The molecule has 1 aromatic carbocycles. The highest BCUT2D eigenvalue weighted by atomic mass is 32.2. The molecule has 1 aromatic rings. The molecule has 142 valence electrons. The van der Waals surface area contributed by atoms with Gasteiger partial charge < -0.3 is 10.6 Å². The molecule has 2 amide bonds. The van der Waals surface area contributed by atoms with Crippen LogP contribution < -0.4 is 10.6 Å². The van der Waals surface area contributed by atoms with Gasteiger partial charge >= 0.3 is 0 Å².